The number of benzene rings is 1. The average Bonchev–Trinajstić information content (AvgIpc) is 2.24. The molecule has 0 aromatic heterocycles. The fourth-order valence-corrected chi connectivity index (χ4v) is 1.81. The molecule has 0 heterocycles. The summed E-state index contributed by atoms with van der Waals surface area (Å²) in [6.45, 7) is 8.00. The number of hydrogen-bond donors (Lipinski definition) is 0. The maximum atomic E-state index is 11.0. The summed E-state index contributed by atoms with van der Waals surface area (Å²) in [5, 5.41) is 0. The molecule has 0 amide bonds. The normalized spacial score (nSPS) is 10.1. The van der Waals surface area contributed by atoms with E-state index in [4.69, 9.17) is 0 Å². The molecule has 0 bridgehead atoms. The monoisotopic (exact) mass is 230 g/mol. The van der Waals surface area contributed by atoms with Gasteiger partial charge in [-0.2, -0.15) is 0 Å². The van der Waals surface area contributed by atoms with Crippen LogP contribution in [0.3, 0.4) is 0 Å². The lowest BCUT2D eigenvalue weighted by atomic mass is 9.97. The van der Waals surface area contributed by atoms with Crippen molar-refractivity contribution in [2.24, 2.45) is 0 Å². The predicted molar refractivity (Wildman–Crippen MR) is 73.3 cm³/mol. The van der Waals surface area contributed by atoms with Gasteiger partial charge in [0.25, 0.3) is 0 Å². The van der Waals surface area contributed by atoms with Gasteiger partial charge in [-0.1, -0.05) is 35.4 Å². The zero-order chi connectivity index (χ0) is 12.8. The van der Waals surface area contributed by atoms with E-state index in [1.165, 1.54) is 22.3 Å². The Bertz CT molecular complexity index is 423. The minimum absolute atomic E-state index is 0.263. The van der Waals surface area contributed by atoms with E-state index in [2.05, 4.69) is 45.0 Å². The summed E-state index contributed by atoms with van der Waals surface area (Å²) in [5.41, 5.74) is 5.29. The fourth-order valence-electron chi connectivity index (χ4n) is 1.81. The second-order valence-electron chi connectivity index (χ2n) is 4.96. The molecule has 1 aromatic rings. The molecule has 0 N–H and O–H groups in total. The lowest BCUT2D eigenvalue weighted by molar-refractivity contribution is -0.116. The first kappa shape index (κ1) is 13.7. The molecular weight excluding hydrogens is 208 g/mol. The number of carbonyl (C=O) groups is 1. The Morgan fingerprint density at radius 2 is 1.88 bits per heavy atom. The number of hydrogen-bond acceptors (Lipinski definition) is 1. The number of Topliss-reactive ketones (excluding diaryl/α,β-unsaturated/α-hetero) is 1. The van der Waals surface area contributed by atoms with Crippen LogP contribution in [0.25, 0.3) is 0 Å². The molecule has 0 radical (unpaired) electrons. The van der Waals surface area contributed by atoms with Gasteiger partial charge >= 0.3 is 0 Å². The van der Waals surface area contributed by atoms with E-state index < -0.39 is 0 Å². The first-order chi connectivity index (χ1) is 7.99. The highest BCUT2D eigenvalue weighted by Crippen LogP contribution is 2.16. The highest BCUT2D eigenvalue weighted by Gasteiger charge is 2.03. The molecule has 0 aliphatic carbocycles. The quantitative estimate of drug-likeness (QED) is 0.698. The highest BCUT2D eigenvalue weighted by molar-refractivity contribution is 5.75. The van der Waals surface area contributed by atoms with Gasteiger partial charge in [0.15, 0.2) is 0 Å². The Morgan fingerprint density at radius 3 is 2.47 bits per heavy atom. The van der Waals surface area contributed by atoms with Gasteiger partial charge in [-0.25, -0.2) is 0 Å². The van der Waals surface area contributed by atoms with Gasteiger partial charge in [0.1, 0.15) is 5.78 Å². The first-order valence-corrected chi connectivity index (χ1v) is 6.20. The van der Waals surface area contributed by atoms with Crippen molar-refractivity contribution < 1.29 is 4.79 Å². The fraction of sp³-hybridized carbons (Fsp3) is 0.438. The van der Waals surface area contributed by atoms with E-state index in [0.29, 0.717) is 6.42 Å². The Labute approximate surface area is 105 Å². The lowest BCUT2D eigenvalue weighted by Crippen LogP contribution is -1.99. The van der Waals surface area contributed by atoms with Crippen molar-refractivity contribution in [2.45, 2.75) is 47.0 Å². The molecule has 1 rings (SSSR count). The van der Waals surface area contributed by atoms with Crippen molar-refractivity contribution in [3.63, 3.8) is 0 Å². The summed E-state index contributed by atoms with van der Waals surface area (Å²) in [6.07, 6.45) is 4.72. The van der Waals surface area contributed by atoms with E-state index in [-0.39, 0.29) is 5.78 Å². The van der Waals surface area contributed by atoms with Crippen LogP contribution in [0.2, 0.25) is 0 Å². The van der Waals surface area contributed by atoms with Gasteiger partial charge in [-0.05, 0) is 51.7 Å². The van der Waals surface area contributed by atoms with E-state index in [1.807, 2.05) is 0 Å². The average molecular weight is 230 g/mol. The number of aryl methyl sites for hydroxylation is 2. The molecule has 92 valence electrons. The lowest BCUT2D eigenvalue weighted by Gasteiger charge is -2.08. The first-order valence-electron chi connectivity index (χ1n) is 6.20. The van der Waals surface area contributed by atoms with Crippen molar-refractivity contribution in [3.8, 4) is 0 Å². The third-order valence-corrected chi connectivity index (χ3v) is 2.84. The van der Waals surface area contributed by atoms with Gasteiger partial charge in [0.2, 0.25) is 0 Å². The molecule has 1 nitrogen and oxygen atoms in total. The second kappa shape index (κ2) is 6.39. The summed E-state index contributed by atoms with van der Waals surface area (Å²) in [6, 6.07) is 6.52. The molecule has 0 unspecified atom stereocenters. The van der Waals surface area contributed by atoms with Crippen molar-refractivity contribution in [2.75, 3.05) is 0 Å². The zero-order valence-corrected chi connectivity index (χ0v) is 11.3. The highest BCUT2D eigenvalue weighted by atomic mass is 16.1. The number of ketones is 1. The Balaban J connectivity index is 2.87. The van der Waals surface area contributed by atoms with Gasteiger partial charge in [-0.3, -0.25) is 0 Å². The molecule has 0 saturated heterocycles. The maximum Gasteiger partial charge on any atom is 0.130 e. The molecule has 0 aliphatic rings. The van der Waals surface area contributed by atoms with Crippen LogP contribution < -0.4 is 0 Å². The van der Waals surface area contributed by atoms with Crippen LogP contribution in [0.1, 0.15) is 43.9 Å². The van der Waals surface area contributed by atoms with Crippen LogP contribution in [0.5, 0.6) is 0 Å². The second-order valence-corrected chi connectivity index (χ2v) is 4.96. The van der Waals surface area contributed by atoms with Crippen LogP contribution in [0, 0.1) is 6.92 Å². The van der Waals surface area contributed by atoms with Crippen molar-refractivity contribution >= 4 is 5.78 Å². The van der Waals surface area contributed by atoms with Crippen LogP contribution in [-0.2, 0) is 17.6 Å². The third kappa shape index (κ3) is 4.99. The number of carbonyl (C=O) groups excluding carboxylic acids is 1. The van der Waals surface area contributed by atoms with Crippen LogP contribution in [0.4, 0.5) is 0 Å². The summed E-state index contributed by atoms with van der Waals surface area (Å²) in [5.74, 6) is 0.263. The number of allylic oxidation sites excluding steroid dienone is 2. The van der Waals surface area contributed by atoms with Crippen LogP contribution >= 0.6 is 0 Å². The van der Waals surface area contributed by atoms with E-state index >= 15 is 0 Å². The third-order valence-electron chi connectivity index (χ3n) is 2.84. The molecule has 1 aromatic carbocycles. The standard InChI is InChI=1S/C16H22O/c1-12(2)5-8-16-11-13(3)6-9-15(16)10-7-14(4)17/h5-6,9,11H,7-8,10H2,1-4H3. The predicted octanol–water partition coefficient (Wildman–Crippen LogP) is 4.03. The summed E-state index contributed by atoms with van der Waals surface area (Å²) >= 11 is 0. The van der Waals surface area contributed by atoms with Crippen LogP contribution in [-0.4, -0.2) is 5.78 Å². The molecule has 1 heteroatoms. The minimum Gasteiger partial charge on any atom is -0.300 e. The number of rotatable bonds is 5. The summed E-state index contributed by atoms with van der Waals surface area (Å²) < 4.78 is 0. The smallest absolute Gasteiger partial charge is 0.130 e. The van der Waals surface area contributed by atoms with E-state index in [9.17, 15) is 4.79 Å². The van der Waals surface area contributed by atoms with Gasteiger partial charge in [-0.15, -0.1) is 0 Å². The Hall–Kier alpha value is -1.37. The van der Waals surface area contributed by atoms with E-state index in [0.717, 1.165) is 12.8 Å². The zero-order valence-electron chi connectivity index (χ0n) is 11.3. The molecule has 17 heavy (non-hydrogen) atoms. The van der Waals surface area contributed by atoms with Crippen LogP contribution in [0.15, 0.2) is 29.8 Å². The van der Waals surface area contributed by atoms with Gasteiger partial charge < -0.3 is 4.79 Å². The van der Waals surface area contributed by atoms with Crippen molar-refractivity contribution in [1.82, 2.24) is 0 Å². The largest absolute Gasteiger partial charge is 0.300 e. The SMILES string of the molecule is CC(=O)CCc1ccc(C)cc1CC=C(C)C. The molecule has 0 aliphatic heterocycles. The summed E-state index contributed by atoms with van der Waals surface area (Å²) in [7, 11) is 0. The van der Waals surface area contributed by atoms with E-state index in [1.54, 1.807) is 6.92 Å². The molecule has 0 saturated carbocycles. The minimum atomic E-state index is 0.263. The maximum absolute atomic E-state index is 11.0. The molecular formula is C16H22O. The Kier molecular flexibility index (Phi) is 5.14. The molecule has 0 fully saturated rings. The van der Waals surface area contributed by atoms with Gasteiger partial charge in [0.05, 0.1) is 0 Å². The Morgan fingerprint density at radius 1 is 1.18 bits per heavy atom. The molecule has 0 atom stereocenters. The van der Waals surface area contributed by atoms with Crippen molar-refractivity contribution in [3.05, 3.63) is 46.5 Å². The summed E-state index contributed by atoms with van der Waals surface area (Å²) in [4.78, 5) is 11.0. The van der Waals surface area contributed by atoms with Crippen molar-refractivity contribution in [1.29, 1.82) is 0 Å². The molecule has 0 spiro atoms. The van der Waals surface area contributed by atoms with Gasteiger partial charge in [0, 0.05) is 6.42 Å². The topological polar surface area (TPSA) is 17.1 Å².